The summed E-state index contributed by atoms with van der Waals surface area (Å²) in [5.41, 5.74) is 1.31. The Kier molecular flexibility index (Phi) is 5.43. The molecule has 0 aromatic carbocycles. The van der Waals surface area contributed by atoms with Gasteiger partial charge >= 0.3 is 6.03 Å². The van der Waals surface area contributed by atoms with E-state index in [0.717, 1.165) is 26.1 Å². The third-order valence-corrected chi connectivity index (χ3v) is 4.57. The Balaban J connectivity index is 1.73. The number of thiophene rings is 1. The maximum atomic E-state index is 12.2. The lowest BCUT2D eigenvalue weighted by atomic mass is 10.1. The third-order valence-electron chi connectivity index (χ3n) is 3.87. The van der Waals surface area contributed by atoms with Crippen molar-refractivity contribution >= 4 is 17.4 Å². The van der Waals surface area contributed by atoms with Crippen molar-refractivity contribution in [2.75, 3.05) is 40.3 Å². The highest BCUT2D eigenvalue weighted by Gasteiger charge is 2.26. The average molecular weight is 295 g/mol. The van der Waals surface area contributed by atoms with Crippen molar-refractivity contribution in [3.05, 3.63) is 22.4 Å². The van der Waals surface area contributed by atoms with Crippen LogP contribution in [0.5, 0.6) is 0 Å². The summed E-state index contributed by atoms with van der Waals surface area (Å²) in [6, 6.07) is 2.22. The topological polar surface area (TPSA) is 35.6 Å². The molecule has 1 aromatic rings. The normalized spacial score (nSPS) is 20.4. The second-order valence-corrected chi connectivity index (χ2v) is 6.79. The zero-order valence-electron chi connectivity index (χ0n) is 12.6. The van der Waals surface area contributed by atoms with Gasteiger partial charge in [0, 0.05) is 26.2 Å². The van der Waals surface area contributed by atoms with Gasteiger partial charge in [-0.2, -0.15) is 11.3 Å². The molecule has 4 nitrogen and oxygen atoms in total. The van der Waals surface area contributed by atoms with Crippen LogP contribution in [0.2, 0.25) is 0 Å². The van der Waals surface area contributed by atoms with Gasteiger partial charge in [0.15, 0.2) is 0 Å². The molecule has 0 saturated carbocycles. The standard InChI is InChI=1S/C15H25N3OS/c1-12(14-5-7-20-11-14)8-16-15(19)18-6-4-13(10-18)9-17(2)3/h5,7,11-13H,4,6,8-10H2,1-3H3,(H,16,19)/t12-,13-/m1/s1. The fraction of sp³-hybridized carbons (Fsp3) is 0.667. The highest BCUT2D eigenvalue weighted by Crippen LogP contribution is 2.19. The number of urea groups is 1. The largest absolute Gasteiger partial charge is 0.337 e. The smallest absolute Gasteiger partial charge is 0.317 e. The minimum absolute atomic E-state index is 0.0911. The van der Waals surface area contributed by atoms with E-state index in [4.69, 9.17) is 0 Å². The SMILES string of the molecule is C[C@H](CNC(=O)N1CC[C@H](CN(C)C)C1)c1ccsc1. The zero-order valence-corrected chi connectivity index (χ0v) is 13.4. The zero-order chi connectivity index (χ0) is 14.5. The number of hydrogen-bond donors (Lipinski definition) is 1. The average Bonchev–Trinajstić information content (AvgIpc) is 3.05. The first-order valence-corrected chi connectivity index (χ1v) is 8.20. The number of carbonyl (C=O) groups is 1. The molecule has 1 aliphatic heterocycles. The summed E-state index contributed by atoms with van der Waals surface area (Å²) >= 11 is 1.71. The monoisotopic (exact) mass is 295 g/mol. The Morgan fingerprint density at radius 3 is 3.05 bits per heavy atom. The number of carbonyl (C=O) groups excluding carboxylic acids is 1. The van der Waals surface area contributed by atoms with Gasteiger partial charge < -0.3 is 15.1 Å². The fourth-order valence-corrected chi connectivity index (χ4v) is 3.49. The molecule has 2 amide bonds. The van der Waals surface area contributed by atoms with Crippen molar-refractivity contribution in [2.45, 2.75) is 19.3 Å². The number of hydrogen-bond acceptors (Lipinski definition) is 3. The minimum Gasteiger partial charge on any atom is -0.337 e. The van der Waals surface area contributed by atoms with Crippen molar-refractivity contribution in [3.8, 4) is 0 Å². The lowest BCUT2D eigenvalue weighted by Crippen LogP contribution is -2.40. The molecule has 1 aromatic heterocycles. The van der Waals surface area contributed by atoms with Gasteiger partial charge in [-0.05, 0) is 54.7 Å². The van der Waals surface area contributed by atoms with Crippen molar-refractivity contribution in [1.82, 2.24) is 15.1 Å². The van der Waals surface area contributed by atoms with Crippen LogP contribution in [0.3, 0.4) is 0 Å². The quantitative estimate of drug-likeness (QED) is 0.905. The van der Waals surface area contributed by atoms with Gasteiger partial charge in [-0.3, -0.25) is 0 Å². The van der Waals surface area contributed by atoms with E-state index in [0.29, 0.717) is 18.4 Å². The number of amides is 2. The molecule has 112 valence electrons. The van der Waals surface area contributed by atoms with Gasteiger partial charge in [-0.25, -0.2) is 4.79 Å². The predicted molar refractivity (Wildman–Crippen MR) is 84.4 cm³/mol. The number of nitrogens with zero attached hydrogens (tertiary/aromatic N) is 2. The van der Waals surface area contributed by atoms with Crippen LogP contribution in [-0.2, 0) is 0 Å². The fourth-order valence-electron chi connectivity index (χ4n) is 2.71. The summed E-state index contributed by atoms with van der Waals surface area (Å²) in [6.45, 7) is 5.70. The van der Waals surface area contributed by atoms with Crippen LogP contribution in [0.25, 0.3) is 0 Å². The Morgan fingerprint density at radius 2 is 2.40 bits per heavy atom. The van der Waals surface area contributed by atoms with Gasteiger partial charge in [0.1, 0.15) is 0 Å². The predicted octanol–water partition coefficient (Wildman–Crippen LogP) is 2.44. The molecule has 1 fully saturated rings. The van der Waals surface area contributed by atoms with Crippen LogP contribution >= 0.6 is 11.3 Å². The maximum Gasteiger partial charge on any atom is 0.317 e. The van der Waals surface area contributed by atoms with Crippen LogP contribution in [0.1, 0.15) is 24.8 Å². The Morgan fingerprint density at radius 1 is 1.60 bits per heavy atom. The molecule has 5 heteroatoms. The summed E-state index contributed by atoms with van der Waals surface area (Å²) in [7, 11) is 4.18. The van der Waals surface area contributed by atoms with E-state index in [1.165, 1.54) is 5.56 Å². The summed E-state index contributed by atoms with van der Waals surface area (Å²) in [5, 5.41) is 7.30. The molecule has 2 heterocycles. The second kappa shape index (κ2) is 7.09. The van der Waals surface area contributed by atoms with Gasteiger partial charge in [0.25, 0.3) is 0 Å². The van der Waals surface area contributed by atoms with Crippen LogP contribution in [0, 0.1) is 5.92 Å². The molecule has 2 rings (SSSR count). The maximum absolute atomic E-state index is 12.2. The Hall–Kier alpha value is -1.07. The molecule has 0 bridgehead atoms. The van der Waals surface area contributed by atoms with Crippen molar-refractivity contribution < 1.29 is 4.79 Å². The molecule has 2 atom stereocenters. The molecule has 0 spiro atoms. The lowest BCUT2D eigenvalue weighted by Gasteiger charge is -2.20. The lowest BCUT2D eigenvalue weighted by molar-refractivity contribution is 0.205. The number of nitrogens with one attached hydrogen (secondary N) is 1. The van der Waals surface area contributed by atoms with Gasteiger partial charge in [0.05, 0.1) is 0 Å². The summed E-state index contributed by atoms with van der Waals surface area (Å²) in [5.74, 6) is 0.996. The van der Waals surface area contributed by atoms with E-state index in [2.05, 4.69) is 48.1 Å². The van der Waals surface area contributed by atoms with E-state index in [-0.39, 0.29) is 6.03 Å². The third kappa shape index (κ3) is 4.21. The van der Waals surface area contributed by atoms with E-state index in [1.807, 2.05) is 4.90 Å². The van der Waals surface area contributed by atoms with Crippen molar-refractivity contribution in [3.63, 3.8) is 0 Å². The number of likely N-dealkylation sites (tertiary alicyclic amines) is 1. The first-order chi connectivity index (χ1) is 9.56. The van der Waals surface area contributed by atoms with E-state index in [9.17, 15) is 4.79 Å². The van der Waals surface area contributed by atoms with Gasteiger partial charge in [-0.15, -0.1) is 0 Å². The van der Waals surface area contributed by atoms with Crippen molar-refractivity contribution in [1.29, 1.82) is 0 Å². The molecular formula is C15H25N3OS. The molecule has 1 N–H and O–H groups in total. The number of rotatable bonds is 5. The second-order valence-electron chi connectivity index (χ2n) is 6.01. The minimum atomic E-state index is 0.0911. The van der Waals surface area contributed by atoms with Crippen molar-refractivity contribution in [2.24, 2.45) is 5.92 Å². The molecule has 0 unspecified atom stereocenters. The highest BCUT2D eigenvalue weighted by molar-refractivity contribution is 7.07. The van der Waals surface area contributed by atoms with E-state index in [1.54, 1.807) is 11.3 Å². The van der Waals surface area contributed by atoms with Gasteiger partial charge in [-0.1, -0.05) is 6.92 Å². The molecule has 20 heavy (non-hydrogen) atoms. The summed E-state index contributed by atoms with van der Waals surface area (Å²) in [6.07, 6.45) is 1.12. The highest BCUT2D eigenvalue weighted by atomic mass is 32.1. The van der Waals surface area contributed by atoms with E-state index >= 15 is 0 Å². The summed E-state index contributed by atoms with van der Waals surface area (Å²) < 4.78 is 0. The molecular weight excluding hydrogens is 270 g/mol. The first-order valence-electron chi connectivity index (χ1n) is 7.26. The first kappa shape index (κ1) is 15.3. The Labute approximate surface area is 125 Å². The molecule has 1 aliphatic rings. The van der Waals surface area contributed by atoms with Crippen LogP contribution < -0.4 is 5.32 Å². The summed E-state index contributed by atoms with van der Waals surface area (Å²) in [4.78, 5) is 16.3. The molecule has 1 saturated heterocycles. The molecule has 0 aliphatic carbocycles. The molecule has 0 radical (unpaired) electrons. The Bertz CT molecular complexity index is 419. The van der Waals surface area contributed by atoms with Crippen LogP contribution in [-0.4, -0.2) is 56.1 Å². The van der Waals surface area contributed by atoms with Crippen LogP contribution in [0.4, 0.5) is 4.79 Å². The van der Waals surface area contributed by atoms with Crippen LogP contribution in [0.15, 0.2) is 16.8 Å². The van der Waals surface area contributed by atoms with Gasteiger partial charge in [0.2, 0.25) is 0 Å². The van der Waals surface area contributed by atoms with E-state index < -0.39 is 0 Å².